The minimum absolute atomic E-state index is 0.130. The summed E-state index contributed by atoms with van der Waals surface area (Å²) in [4.78, 5) is 31.3. The Bertz CT molecular complexity index is 807. The summed E-state index contributed by atoms with van der Waals surface area (Å²) in [5.41, 5.74) is 3.14. The fourth-order valence-corrected chi connectivity index (χ4v) is 4.82. The van der Waals surface area contributed by atoms with Gasteiger partial charge >= 0.3 is 0 Å². The Hall–Kier alpha value is -2.21. The summed E-state index contributed by atoms with van der Waals surface area (Å²) in [6.45, 7) is 2.69. The number of likely N-dealkylation sites (tertiary alicyclic amines) is 1. The van der Waals surface area contributed by atoms with Gasteiger partial charge in [0, 0.05) is 24.4 Å². The zero-order valence-electron chi connectivity index (χ0n) is 14.9. The predicted molar refractivity (Wildman–Crippen MR) is 101 cm³/mol. The molecule has 1 aromatic heterocycles. The number of hydrogen-bond acceptors (Lipinski definition) is 4. The summed E-state index contributed by atoms with van der Waals surface area (Å²) in [6, 6.07) is 8.48. The van der Waals surface area contributed by atoms with Crippen LogP contribution in [0.5, 0.6) is 0 Å². The highest BCUT2D eigenvalue weighted by molar-refractivity contribution is 7.09. The van der Waals surface area contributed by atoms with Crippen molar-refractivity contribution in [3.8, 4) is 0 Å². The molecule has 2 heterocycles. The van der Waals surface area contributed by atoms with Gasteiger partial charge in [0.15, 0.2) is 0 Å². The number of carbonyl (C=O) groups is 2. The number of fused-ring (bicyclic) bond motifs is 1. The van der Waals surface area contributed by atoms with E-state index in [9.17, 15) is 9.59 Å². The quantitative estimate of drug-likeness (QED) is 0.881. The molecule has 5 nitrogen and oxygen atoms in total. The number of aryl methyl sites for hydroxylation is 1. The van der Waals surface area contributed by atoms with E-state index < -0.39 is 0 Å². The van der Waals surface area contributed by atoms with Crippen LogP contribution in [0.25, 0.3) is 0 Å². The van der Waals surface area contributed by atoms with E-state index in [1.165, 1.54) is 22.5 Å². The molecule has 4 rings (SSSR count). The summed E-state index contributed by atoms with van der Waals surface area (Å²) in [7, 11) is 0. The Kier molecular flexibility index (Phi) is 4.76. The molecule has 6 heteroatoms. The molecule has 0 saturated carbocycles. The van der Waals surface area contributed by atoms with Gasteiger partial charge in [0.05, 0.1) is 11.0 Å². The number of thiazole rings is 1. The molecule has 1 aromatic carbocycles. The van der Waals surface area contributed by atoms with Crippen LogP contribution >= 0.6 is 11.3 Å². The highest BCUT2D eigenvalue weighted by Gasteiger charge is 2.37. The summed E-state index contributed by atoms with van der Waals surface area (Å²) < 4.78 is 0. The lowest BCUT2D eigenvalue weighted by Gasteiger charge is -2.24. The van der Waals surface area contributed by atoms with Crippen LogP contribution in [0, 0.1) is 0 Å². The largest absolute Gasteiger partial charge is 0.346 e. The molecule has 2 aliphatic rings. The monoisotopic (exact) mass is 369 g/mol. The fourth-order valence-electron chi connectivity index (χ4n) is 3.94. The molecular formula is C20H23N3O2S. The molecule has 1 aliphatic carbocycles. The topological polar surface area (TPSA) is 62.3 Å². The van der Waals surface area contributed by atoms with Crippen molar-refractivity contribution in [3.05, 3.63) is 51.5 Å². The average Bonchev–Trinajstić information content (AvgIpc) is 3.33. The van der Waals surface area contributed by atoms with Crippen LogP contribution in [-0.2, 0) is 24.1 Å². The second-order valence-corrected chi connectivity index (χ2v) is 8.07. The zero-order valence-corrected chi connectivity index (χ0v) is 15.7. The fraction of sp³-hybridized carbons (Fsp3) is 0.450. The molecule has 136 valence electrons. The molecule has 1 saturated heterocycles. The van der Waals surface area contributed by atoms with E-state index in [1.54, 1.807) is 0 Å². The Balaban J connectivity index is 1.37. The first-order chi connectivity index (χ1) is 12.6. The van der Waals surface area contributed by atoms with Crippen molar-refractivity contribution >= 4 is 23.2 Å². The van der Waals surface area contributed by atoms with Crippen LogP contribution in [0.4, 0.5) is 0 Å². The second-order valence-electron chi connectivity index (χ2n) is 7.13. The SMILES string of the molecule is CCCc1nc(C(=O)N[C@H]2CC(=O)N(C3Cc4ccccc4C3)C2)cs1. The first-order valence-electron chi connectivity index (χ1n) is 9.25. The summed E-state index contributed by atoms with van der Waals surface area (Å²) in [5.74, 6) is -0.0315. The van der Waals surface area contributed by atoms with Gasteiger partial charge in [-0.05, 0) is 36.8 Å². The summed E-state index contributed by atoms with van der Waals surface area (Å²) >= 11 is 1.53. The number of amides is 2. The van der Waals surface area contributed by atoms with E-state index in [0.717, 1.165) is 30.7 Å². The van der Waals surface area contributed by atoms with Gasteiger partial charge < -0.3 is 10.2 Å². The van der Waals surface area contributed by atoms with E-state index in [-0.39, 0.29) is 23.9 Å². The second kappa shape index (κ2) is 7.19. The molecular weight excluding hydrogens is 346 g/mol. The first kappa shape index (κ1) is 17.2. The summed E-state index contributed by atoms with van der Waals surface area (Å²) in [5, 5.41) is 5.80. The van der Waals surface area contributed by atoms with E-state index in [2.05, 4.69) is 41.5 Å². The van der Waals surface area contributed by atoms with Crippen molar-refractivity contribution in [1.82, 2.24) is 15.2 Å². The van der Waals surface area contributed by atoms with E-state index >= 15 is 0 Å². The lowest BCUT2D eigenvalue weighted by Crippen LogP contribution is -2.41. The number of carbonyl (C=O) groups excluding carboxylic acids is 2. The Morgan fingerprint density at radius 1 is 1.27 bits per heavy atom. The number of nitrogens with one attached hydrogen (secondary N) is 1. The molecule has 1 N–H and O–H groups in total. The first-order valence-corrected chi connectivity index (χ1v) is 10.1. The molecule has 26 heavy (non-hydrogen) atoms. The van der Waals surface area contributed by atoms with Crippen LogP contribution in [0.2, 0.25) is 0 Å². The third kappa shape index (κ3) is 3.38. The number of benzene rings is 1. The van der Waals surface area contributed by atoms with Crippen LogP contribution in [0.15, 0.2) is 29.6 Å². The van der Waals surface area contributed by atoms with E-state index in [0.29, 0.717) is 18.7 Å². The van der Waals surface area contributed by atoms with Gasteiger partial charge in [0.25, 0.3) is 5.91 Å². The molecule has 1 atom stereocenters. The molecule has 0 spiro atoms. The smallest absolute Gasteiger partial charge is 0.271 e. The van der Waals surface area contributed by atoms with Crippen molar-refractivity contribution in [2.24, 2.45) is 0 Å². The molecule has 2 amide bonds. The maximum Gasteiger partial charge on any atom is 0.271 e. The van der Waals surface area contributed by atoms with Crippen molar-refractivity contribution < 1.29 is 9.59 Å². The molecule has 1 fully saturated rings. The third-order valence-corrected chi connectivity index (χ3v) is 6.12. The Labute approximate surface area is 157 Å². The Morgan fingerprint density at radius 2 is 2.00 bits per heavy atom. The summed E-state index contributed by atoms with van der Waals surface area (Å²) in [6.07, 6.45) is 4.12. The van der Waals surface area contributed by atoms with Crippen LogP contribution < -0.4 is 5.32 Å². The maximum absolute atomic E-state index is 12.5. The van der Waals surface area contributed by atoms with Gasteiger partial charge in [-0.2, -0.15) is 0 Å². The highest BCUT2D eigenvalue weighted by atomic mass is 32.1. The minimum atomic E-state index is -0.169. The highest BCUT2D eigenvalue weighted by Crippen LogP contribution is 2.28. The lowest BCUT2D eigenvalue weighted by molar-refractivity contribution is -0.129. The van der Waals surface area contributed by atoms with Gasteiger partial charge in [-0.15, -0.1) is 11.3 Å². The zero-order chi connectivity index (χ0) is 18.1. The Morgan fingerprint density at radius 3 is 2.69 bits per heavy atom. The van der Waals surface area contributed by atoms with Gasteiger partial charge in [0.1, 0.15) is 5.69 Å². The number of hydrogen-bond donors (Lipinski definition) is 1. The maximum atomic E-state index is 12.5. The van der Waals surface area contributed by atoms with Crippen LogP contribution in [-0.4, -0.2) is 40.3 Å². The van der Waals surface area contributed by atoms with Gasteiger partial charge in [0.2, 0.25) is 5.91 Å². The van der Waals surface area contributed by atoms with Crippen molar-refractivity contribution in [3.63, 3.8) is 0 Å². The van der Waals surface area contributed by atoms with E-state index in [4.69, 9.17) is 0 Å². The number of nitrogens with zero attached hydrogens (tertiary/aromatic N) is 2. The van der Waals surface area contributed by atoms with Crippen LogP contribution in [0.3, 0.4) is 0 Å². The molecule has 0 unspecified atom stereocenters. The lowest BCUT2D eigenvalue weighted by atomic mass is 10.1. The van der Waals surface area contributed by atoms with Crippen molar-refractivity contribution in [1.29, 1.82) is 0 Å². The van der Waals surface area contributed by atoms with Crippen molar-refractivity contribution in [2.75, 3.05) is 6.54 Å². The van der Waals surface area contributed by atoms with Crippen molar-refractivity contribution in [2.45, 2.75) is 51.1 Å². The average molecular weight is 369 g/mol. The minimum Gasteiger partial charge on any atom is -0.346 e. The predicted octanol–water partition coefficient (Wildman–Crippen LogP) is 2.59. The molecule has 1 aliphatic heterocycles. The van der Waals surface area contributed by atoms with Gasteiger partial charge in [-0.1, -0.05) is 31.2 Å². The molecule has 0 radical (unpaired) electrons. The number of aromatic nitrogens is 1. The molecule has 2 aromatic rings. The number of rotatable bonds is 5. The van der Waals surface area contributed by atoms with Crippen LogP contribution in [0.1, 0.15) is 46.4 Å². The van der Waals surface area contributed by atoms with Gasteiger partial charge in [-0.3, -0.25) is 9.59 Å². The van der Waals surface area contributed by atoms with Gasteiger partial charge in [-0.25, -0.2) is 4.98 Å². The van der Waals surface area contributed by atoms with E-state index in [1.807, 2.05) is 10.3 Å². The molecule has 0 bridgehead atoms. The third-order valence-electron chi connectivity index (χ3n) is 5.21. The standard InChI is InChI=1S/C20H23N3O2S/c1-2-5-18-22-17(12-26-18)20(25)21-15-10-19(24)23(11-15)16-8-13-6-3-4-7-14(13)9-16/h3-4,6-7,12,15-16H,2,5,8-11H2,1H3,(H,21,25)/t15-/m0/s1. The normalized spacial score (nSPS) is 19.8.